The Hall–Kier alpha value is -1.54. The first-order valence-corrected chi connectivity index (χ1v) is 16.9. The van der Waals surface area contributed by atoms with Gasteiger partial charge in [-0.3, -0.25) is 9.80 Å². The summed E-state index contributed by atoms with van der Waals surface area (Å²) >= 11 is 0. The van der Waals surface area contributed by atoms with Crippen LogP contribution in [0.1, 0.15) is 133 Å². The predicted molar refractivity (Wildman–Crippen MR) is 173 cm³/mol. The molecule has 0 aromatic rings. The van der Waals surface area contributed by atoms with Crippen molar-refractivity contribution in [3.8, 4) is 0 Å². The van der Waals surface area contributed by atoms with Crippen molar-refractivity contribution in [1.82, 2.24) is 19.6 Å². The molecule has 2 heterocycles. The third-order valence-electron chi connectivity index (χ3n) is 13.4. The monoisotopic (exact) mass is 595 g/mol. The van der Waals surface area contributed by atoms with Gasteiger partial charge in [0, 0.05) is 47.3 Å². The molecule has 2 aliphatic rings. The van der Waals surface area contributed by atoms with E-state index in [2.05, 4.69) is 93.1 Å². The van der Waals surface area contributed by atoms with E-state index in [-0.39, 0.29) is 46.1 Å². The summed E-state index contributed by atoms with van der Waals surface area (Å²) in [5, 5.41) is 20.6. The van der Waals surface area contributed by atoms with Gasteiger partial charge in [-0.05, 0) is 105 Å². The zero-order valence-electron chi connectivity index (χ0n) is 29.3. The molecule has 2 rings (SSSR count). The minimum atomic E-state index is -0.820. The number of carbonyl (C=O) groups is 2. The molecule has 42 heavy (non-hydrogen) atoms. The fourth-order valence-corrected chi connectivity index (χ4v) is 8.57. The lowest BCUT2D eigenvalue weighted by molar-refractivity contribution is -0.101. The van der Waals surface area contributed by atoms with Gasteiger partial charge >= 0.3 is 12.2 Å². The fraction of sp³-hybridized carbons (Fsp3) is 0.941. The minimum Gasteiger partial charge on any atom is -0.465 e. The number of hydrogen-bond acceptors (Lipinski definition) is 4. The van der Waals surface area contributed by atoms with E-state index < -0.39 is 12.2 Å². The second-order valence-electron chi connectivity index (χ2n) is 14.7. The van der Waals surface area contributed by atoms with Crippen LogP contribution in [0, 0.1) is 11.8 Å². The summed E-state index contributed by atoms with van der Waals surface area (Å²) in [6.45, 7) is 23.5. The SMILES string of the molecule is CCC1(C)CC(N(CCCCCCN(C(=O)O)C2CC(C)(CC)N(C)C(C)(CC)C2C)C(=O)O)C(C)C(C)(CC)N1C. The van der Waals surface area contributed by atoms with Crippen LogP contribution in [0.25, 0.3) is 0 Å². The molecule has 0 aromatic heterocycles. The first-order chi connectivity index (χ1) is 19.4. The molecular formula is C34H66N4O4. The van der Waals surface area contributed by atoms with Gasteiger partial charge in [-0.25, -0.2) is 9.59 Å². The van der Waals surface area contributed by atoms with Crippen molar-refractivity contribution >= 4 is 12.2 Å². The first-order valence-electron chi connectivity index (χ1n) is 16.9. The molecule has 8 heteroatoms. The molecule has 0 bridgehead atoms. The third-order valence-corrected chi connectivity index (χ3v) is 13.4. The number of likely N-dealkylation sites (tertiary alicyclic amines) is 2. The Balaban J connectivity index is 2.04. The lowest BCUT2D eigenvalue weighted by Crippen LogP contribution is -2.69. The Morgan fingerprint density at radius 3 is 1.19 bits per heavy atom. The van der Waals surface area contributed by atoms with Crippen LogP contribution in [0.2, 0.25) is 0 Å². The molecule has 2 N–H and O–H groups in total. The molecular weight excluding hydrogens is 528 g/mol. The number of unbranched alkanes of at least 4 members (excludes halogenated alkanes) is 3. The Morgan fingerprint density at radius 2 is 0.952 bits per heavy atom. The van der Waals surface area contributed by atoms with E-state index in [0.717, 1.165) is 64.2 Å². The number of rotatable bonds is 13. The molecule has 0 radical (unpaired) electrons. The average Bonchev–Trinajstić information content (AvgIpc) is 2.96. The molecule has 8 nitrogen and oxygen atoms in total. The molecule has 0 saturated carbocycles. The Morgan fingerprint density at radius 1 is 0.643 bits per heavy atom. The highest BCUT2D eigenvalue weighted by Crippen LogP contribution is 2.47. The largest absolute Gasteiger partial charge is 0.465 e. The molecule has 2 saturated heterocycles. The van der Waals surface area contributed by atoms with Crippen LogP contribution in [0.5, 0.6) is 0 Å². The number of nitrogens with zero attached hydrogens (tertiary/aromatic N) is 4. The molecule has 246 valence electrons. The van der Waals surface area contributed by atoms with Gasteiger partial charge in [-0.1, -0.05) is 54.4 Å². The number of carboxylic acid groups (broad SMARTS) is 2. The van der Waals surface area contributed by atoms with Crippen molar-refractivity contribution in [2.75, 3.05) is 27.2 Å². The number of hydrogen-bond donors (Lipinski definition) is 2. The molecule has 8 unspecified atom stereocenters. The fourth-order valence-electron chi connectivity index (χ4n) is 8.57. The summed E-state index contributed by atoms with van der Waals surface area (Å²) in [7, 11) is 4.42. The predicted octanol–water partition coefficient (Wildman–Crippen LogP) is 7.86. The standard InChI is InChI=1S/C34H66N4O4/c1-13-31(7)23-27(25(5)33(9,15-3)35(31)11)37(29(39)40)21-19-17-18-20-22-38(30(41)42)28-24-32(8,14-2)36(12)34(10,16-4)26(28)6/h25-28H,13-24H2,1-12H3,(H,39,40)(H,41,42). The summed E-state index contributed by atoms with van der Waals surface area (Å²) in [6.07, 6.45) is 7.39. The summed E-state index contributed by atoms with van der Waals surface area (Å²) in [4.78, 5) is 33.5. The zero-order valence-corrected chi connectivity index (χ0v) is 29.3. The zero-order chi connectivity index (χ0) is 32.3. The van der Waals surface area contributed by atoms with Crippen molar-refractivity contribution in [3.05, 3.63) is 0 Å². The van der Waals surface area contributed by atoms with Gasteiger partial charge < -0.3 is 20.0 Å². The highest BCUT2D eigenvalue weighted by atomic mass is 16.4. The van der Waals surface area contributed by atoms with Crippen molar-refractivity contribution < 1.29 is 19.8 Å². The second kappa shape index (κ2) is 14.0. The topological polar surface area (TPSA) is 87.6 Å². The van der Waals surface area contributed by atoms with E-state index in [1.54, 1.807) is 9.80 Å². The molecule has 0 spiro atoms. The minimum absolute atomic E-state index is 0.0113. The van der Waals surface area contributed by atoms with Crippen LogP contribution in [0.15, 0.2) is 0 Å². The van der Waals surface area contributed by atoms with Crippen molar-refractivity contribution in [2.24, 2.45) is 11.8 Å². The summed E-state index contributed by atoms with van der Waals surface area (Å²) < 4.78 is 0. The highest BCUT2D eigenvalue weighted by Gasteiger charge is 2.54. The molecule has 2 aliphatic heterocycles. The van der Waals surface area contributed by atoms with Crippen LogP contribution >= 0.6 is 0 Å². The van der Waals surface area contributed by atoms with E-state index in [1.165, 1.54) is 0 Å². The third kappa shape index (κ3) is 6.74. The first kappa shape index (κ1) is 36.7. The second-order valence-corrected chi connectivity index (χ2v) is 14.7. The van der Waals surface area contributed by atoms with Crippen molar-refractivity contribution in [3.63, 3.8) is 0 Å². The number of piperidine rings is 2. The van der Waals surface area contributed by atoms with Gasteiger partial charge in [0.05, 0.1) is 0 Å². The van der Waals surface area contributed by atoms with E-state index in [4.69, 9.17) is 0 Å². The Kier molecular flexibility index (Phi) is 12.3. The van der Waals surface area contributed by atoms with E-state index in [1.807, 2.05) is 0 Å². The molecule has 0 aromatic carbocycles. The van der Waals surface area contributed by atoms with Crippen LogP contribution in [0.4, 0.5) is 9.59 Å². The van der Waals surface area contributed by atoms with Crippen molar-refractivity contribution in [2.45, 2.75) is 168 Å². The molecule has 2 fully saturated rings. The Labute approximate surface area is 258 Å². The number of amides is 2. The van der Waals surface area contributed by atoms with Gasteiger partial charge in [-0.15, -0.1) is 0 Å². The summed E-state index contributed by atoms with van der Waals surface area (Å²) in [5.74, 6) is 0.456. The normalized spacial score (nSPS) is 37.9. The van der Waals surface area contributed by atoms with Gasteiger partial charge in [0.1, 0.15) is 0 Å². The van der Waals surface area contributed by atoms with Crippen LogP contribution < -0.4 is 0 Å². The van der Waals surface area contributed by atoms with Crippen LogP contribution in [-0.2, 0) is 0 Å². The molecule has 0 aliphatic carbocycles. The van der Waals surface area contributed by atoms with Gasteiger partial charge in [0.25, 0.3) is 0 Å². The van der Waals surface area contributed by atoms with Crippen LogP contribution in [-0.4, -0.2) is 103 Å². The van der Waals surface area contributed by atoms with Gasteiger partial charge in [0.15, 0.2) is 0 Å². The van der Waals surface area contributed by atoms with Crippen LogP contribution in [0.3, 0.4) is 0 Å². The maximum absolute atomic E-state index is 12.5. The van der Waals surface area contributed by atoms with Gasteiger partial charge in [0.2, 0.25) is 0 Å². The maximum atomic E-state index is 12.5. The Bertz CT molecular complexity index is 846. The smallest absolute Gasteiger partial charge is 0.407 e. The summed E-state index contributed by atoms with van der Waals surface area (Å²) in [5.41, 5.74) is -0.200. The van der Waals surface area contributed by atoms with E-state index >= 15 is 0 Å². The lowest BCUT2D eigenvalue weighted by atomic mass is 9.67. The molecule has 2 amide bonds. The quantitative estimate of drug-likeness (QED) is 0.211. The highest BCUT2D eigenvalue weighted by molar-refractivity contribution is 5.66. The van der Waals surface area contributed by atoms with Gasteiger partial charge in [-0.2, -0.15) is 0 Å². The lowest BCUT2D eigenvalue weighted by Gasteiger charge is -2.61. The maximum Gasteiger partial charge on any atom is 0.407 e. The van der Waals surface area contributed by atoms with E-state index in [9.17, 15) is 19.8 Å². The average molecular weight is 595 g/mol. The summed E-state index contributed by atoms with van der Waals surface area (Å²) in [6, 6.07) is -0.0226. The molecule has 8 atom stereocenters. The van der Waals surface area contributed by atoms with Crippen molar-refractivity contribution in [1.29, 1.82) is 0 Å². The van der Waals surface area contributed by atoms with E-state index in [0.29, 0.717) is 13.1 Å².